The second-order valence-corrected chi connectivity index (χ2v) is 5.85. The van der Waals surface area contributed by atoms with Gasteiger partial charge in [-0.3, -0.25) is 4.79 Å². The van der Waals surface area contributed by atoms with Gasteiger partial charge in [-0.25, -0.2) is 0 Å². The van der Waals surface area contributed by atoms with Gasteiger partial charge in [0.25, 0.3) is 5.91 Å². The molecule has 21 heavy (non-hydrogen) atoms. The lowest BCUT2D eigenvalue weighted by molar-refractivity contribution is -0.134. The molecule has 4 heteroatoms. The van der Waals surface area contributed by atoms with Crippen molar-refractivity contribution in [3.63, 3.8) is 0 Å². The SMILES string of the molecule is CC1CCC(N(C)C(=O)COc2cccc(C#N)c2)CC1. The summed E-state index contributed by atoms with van der Waals surface area (Å²) in [6.45, 7) is 2.29. The van der Waals surface area contributed by atoms with Crippen LogP contribution >= 0.6 is 0 Å². The zero-order chi connectivity index (χ0) is 15.2. The molecule has 0 aromatic heterocycles. The maximum absolute atomic E-state index is 12.2. The first kappa shape index (κ1) is 15.4. The minimum atomic E-state index is -0.00286. The van der Waals surface area contributed by atoms with Crippen LogP contribution in [-0.2, 0) is 4.79 Å². The van der Waals surface area contributed by atoms with Gasteiger partial charge in [0, 0.05) is 13.1 Å². The molecule has 1 aliphatic carbocycles. The average molecular weight is 286 g/mol. The predicted octanol–water partition coefficient (Wildman–Crippen LogP) is 2.97. The van der Waals surface area contributed by atoms with E-state index in [1.54, 1.807) is 24.3 Å². The molecule has 2 rings (SSSR count). The van der Waals surface area contributed by atoms with E-state index in [-0.39, 0.29) is 12.5 Å². The van der Waals surface area contributed by atoms with Crippen LogP contribution in [0, 0.1) is 17.2 Å². The van der Waals surface area contributed by atoms with E-state index in [0.29, 0.717) is 17.4 Å². The lowest BCUT2D eigenvalue weighted by atomic mass is 9.87. The predicted molar refractivity (Wildman–Crippen MR) is 80.8 cm³/mol. The number of carbonyl (C=O) groups excluding carboxylic acids is 1. The van der Waals surface area contributed by atoms with Gasteiger partial charge in [0.05, 0.1) is 11.6 Å². The zero-order valence-electron chi connectivity index (χ0n) is 12.7. The monoisotopic (exact) mass is 286 g/mol. The molecule has 0 unspecified atom stereocenters. The van der Waals surface area contributed by atoms with Crippen LogP contribution in [0.1, 0.15) is 38.2 Å². The standard InChI is InChI=1S/C17H22N2O2/c1-13-6-8-15(9-7-13)19(2)17(20)12-21-16-5-3-4-14(10-16)11-18/h3-5,10,13,15H,6-9,12H2,1-2H3. The Hall–Kier alpha value is -2.02. The average Bonchev–Trinajstić information content (AvgIpc) is 2.53. The van der Waals surface area contributed by atoms with E-state index in [9.17, 15) is 4.79 Å². The van der Waals surface area contributed by atoms with Gasteiger partial charge in [0.2, 0.25) is 0 Å². The van der Waals surface area contributed by atoms with E-state index in [1.165, 1.54) is 12.8 Å². The van der Waals surface area contributed by atoms with Crippen molar-refractivity contribution in [1.29, 1.82) is 5.26 Å². The molecule has 1 amide bonds. The van der Waals surface area contributed by atoms with E-state index < -0.39 is 0 Å². The van der Waals surface area contributed by atoms with Crippen LogP contribution in [0.2, 0.25) is 0 Å². The number of benzene rings is 1. The van der Waals surface area contributed by atoms with Crippen LogP contribution in [0.3, 0.4) is 0 Å². The van der Waals surface area contributed by atoms with Crippen LogP contribution in [0.4, 0.5) is 0 Å². The van der Waals surface area contributed by atoms with Crippen LogP contribution in [0.15, 0.2) is 24.3 Å². The Kier molecular flexibility index (Phi) is 5.21. The first-order chi connectivity index (χ1) is 10.1. The number of nitrogens with zero attached hydrogens (tertiary/aromatic N) is 2. The number of nitriles is 1. The molecule has 0 heterocycles. The van der Waals surface area contributed by atoms with Crippen molar-refractivity contribution in [2.75, 3.05) is 13.7 Å². The molecule has 0 radical (unpaired) electrons. The Morgan fingerprint density at radius 3 is 2.76 bits per heavy atom. The van der Waals surface area contributed by atoms with Gasteiger partial charge in [-0.05, 0) is 49.8 Å². The van der Waals surface area contributed by atoms with Gasteiger partial charge >= 0.3 is 0 Å². The van der Waals surface area contributed by atoms with E-state index in [4.69, 9.17) is 10.00 Å². The smallest absolute Gasteiger partial charge is 0.260 e. The van der Waals surface area contributed by atoms with Crippen LogP contribution in [0.25, 0.3) is 0 Å². The maximum atomic E-state index is 12.2. The molecule has 0 bridgehead atoms. The minimum absolute atomic E-state index is 0.00286. The number of likely N-dealkylation sites (N-methyl/N-ethyl adjacent to an activating group) is 1. The van der Waals surface area contributed by atoms with Crippen LogP contribution < -0.4 is 4.74 Å². The number of ether oxygens (including phenoxy) is 1. The fourth-order valence-corrected chi connectivity index (χ4v) is 2.74. The summed E-state index contributed by atoms with van der Waals surface area (Å²) in [5.41, 5.74) is 0.537. The lowest BCUT2D eigenvalue weighted by Gasteiger charge is -2.33. The maximum Gasteiger partial charge on any atom is 0.260 e. The highest BCUT2D eigenvalue weighted by atomic mass is 16.5. The Morgan fingerprint density at radius 2 is 2.10 bits per heavy atom. The third kappa shape index (κ3) is 4.22. The van der Waals surface area contributed by atoms with Gasteiger partial charge < -0.3 is 9.64 Å². The molecular formula is C17H22N2O2. The summed E-state index contributed by atoms with van der Waals surface area (Å²) in [4.78, 5) is 14.0. The van der Waals surface area contributed by atoms with Gasteiger partial charge in [-0.15, -0.1) is 0 Å². The molecule has 0 saturated heterocycles. The second-order valence-electron chi connectivity index (χ2n) is 5.85. The fraction of sp³-hybridized carbons (Fsp3) is 0.529. The molecule has 1 aromatic carbocycles. The summed E-state index contributed by atoms with van der Waals surface area (Å²) >= 11 is 0. The molecule has 1 aliphatic rings. The Balaban J connectivity index is 1.85. The van der Waals surface area contributed by atoms with Crippen molar-refractivity contribution in [2.24, 2.45) is 5.92 Å². The molecule has 4 nitrogen and oxygen atoms in total. The highest BCUT2D eigenvalue weighted by molar-refractivity contribution is 5.77. The highest BCUT2D eigenvalue weighted by Gasteiger charge is 2.24. The van der Waals surface area contributed by atoms with Crippen molar-refractivity contribution in [1.82, 2.24) is 4.90 Å². The molecule has 0 N–H and O–H groups in total. The lowest BCUT2D eigenvalue weighted by Crippen LogP contribution is -2.41. The second kappa shape index (κ2) is 7.12. The van der Waals surface area contributed by atoms with Crippen molar-refractivity contribution >= 4 is 5.91 Å². The van der Waals surface area contributed by atoms with Gasteiger partial charge in [0.1, 0.15) is 5.75 Å². The van der Waals surface area contributed by atoms with Crippen molar-refractivity contribution in [3.05, 3.63) is 29.8 Å². The Bertz CT molecular complexity index is 528. The Morgan fingerprint density at radius 1 is 1.38 bits per heavy atom. The van der Waals surface area contributed by atoms with Gasteiger partial charge in [-0.2, -0.15) is 5.26 Å². The third-order valence-electron chi connectivity index (χ3n) is 4.25. The molecule has 0 spiro atoms. The molecule has 112 valence electrons. The van der Waals surface area contributed by atoms with Gasteiger partial charge in [-0.1, -0.05) is 13.0 Å². The van der Waals surface area contributed by atoms with E-state index in [1.807, 2.05) is 11.9 Å². The van der Waals surface area contributed by atoms with E-state index >= 15 is 0 Å². The fourth-order valence-electron chi connectivity index (χ4n) is 2.74. The highest BCUT2D eigenvalue weighted by Crippen LogP contribution is 2.26. The topological polar surface area (TPSA) is 53.3 Å². The summed E-state index contributed by atoms with van der Waals surface area (Å²) in [5.74, 6) is 1.33. The first-order valence-corrected chi connectivity index (χ1v) is 7.48. The minimum Gasteiger partial charge on any atom is -0.484 e. The summed E-state index contributed by atoms with van der Waals surface area (Å²) in [6.07, 6.45) is 4.53. The summed E-state index contributed by atoms with van der Waals surface area (Å²) in [6, 6.07) is 9.27. The number of rotatable bonds is 4. The van der Waals surface area contributed by atoms with E-state index in [2.05, 4.69) is 13.0 Å². The zero-order valence-corrected chi connectivity index (χ0v) is 12.7. The van der Waals surface area contributed by atoms with Crippen molar-refractivity contribution in [3.8, 4) is 11.8 Å². The molecule has 1 aromatic rings. The number of amides is 1. The number of hydrogen-bond donors (Lipinski definition) is 0. The summed E-state index contributed by atoms with van der Waals surface area (Å²) in [7, 11) is 1.86. The molecule has 1 saturated carbocycles. The summed E-state index contributed by atoms with van der Waals surface area (Å²) < 4.78 is 5.50. The summed E-state index contributed by atoms with van der Waals surface area (Å²) in [5, 5.41) is 8.84. The van der Waals surface area contributed by atoms with Crippen LogP contribution in [-0.4, -0.2) is 30.5 Å². The van der Waals surface area contributed by atoms with Crippen LogP contribution in [0.5, 0.6) is 5.75 Å². The quantitative estimate of drug-likeness (QED) is 0.855. The first-order valence-electron chi connectivity index (χ1n) is 7.48. The van der Waals surface area contributed by atoms with Crippen molar-refractivity contribution in [2.45, 2.75) is 38.6 Å². The third-order valence-corrected chi connectivity index (χ3v) is 4.25. The number of carbonyl (C=O) groups is 1. The van der Waals surface area contributed by atoms with Crippen molar-refractivity contribution < 1.29 is 9.53 Å². The van der Waals surface area contributed by atoms with E-state index in [0.717, 1.165) is 18.8 Å². The Labute approximate surface area is 126 Å². The molecule has 0 aliphatic heterocycles. The molecule has 0 atom stereocenters. The largest absolute Gasteiger partial charge is 0.484 e. The number of hydrogen-bond acceptors (Lipinski definition) is 3. The normalized spacial score (nSPS) is 21.4. The molecule has 1 fully saturated rings. The molecular weight excluding hydrogens is 264 g/mol. The van der Waals surface area contributed by atoms with Gasteiger partial charge in [0.15, 0.2) is 6.61 Å².